The Morgan fingerprint density at radius 1 is 1.12 bits per heavy atom. The number of para-hydroxylation sites is 2. The molecule has 6 heteroatoms. The Hall–Kier alpha value is -3.02. The molecule has 3 amide bonds. The highest BCUT2D eigenvalue weighted by molar-refractivity contribution is 5.94. The summed E-state index contributed by atoms with van der Waals surface area (Å²) in [6, 6.07) is 16.1. The quantitative estimate of drug-likeness (QED) is 0.783. The number of urea groups is 1. The highest BCUT2D eigenvalue weighted by atomic mass is 16.5. The second kappa shape index (κ2) is 8.19. The molecule has 2 aromatic carbocycles. The molecule has 1 fully saturated rings. The Balaban J connectivity index is 1.60. The normalized spacial score (nSPS) is 16.6. The number of anilines is 1. The molecule has 1 atom stereocenters. The number of hydrogen-bond acceptors (Lipinski definition) is 3. The molecular formula is C19H21N3O3. The number of nitrogens with one attached hydrogen (secondary N) is 3. The van der Waals surface area contributed by atoms with Crippen molar-refractivity contribution in [3.05, 3.63) is 60.2 Å². The standard InChI is InChI=1S/C19H21N3O3/c23-18-17(11-6-12-20-18)22-19(24)21-16-10-5-4-7-14(16)13-25-15-8-2-1-3-9-15/h1-5,7-10,17H,6,11-13H2,(H,20,23)(H2,21,22,24)/t17-/m1/s1. The van der Waals surface area contributed by atoms with Crippen molar-refractivity contribution < 1.29 is 14.3 Å². The smallest absolute Gasteiger partial charge is 0.319 e. The van der Waals surface area contributed by atoms with Gasteiger partial charge in [0.2, 0.25) is 5.91 Å². The molecule has 0 aromatic heterocycles. The lowest BCUT2D eigenvalue weighted by molar-refractivity contribution is -0.124. The van der Waals surface area contributed by atoms with Crippen LogP contribution in [0.25, 0.3) is 0 Å². The minimum atomic E-state index is -0.485. The van der Waals surface area contributed by atoms with Crippen LogP contribution in [0.2, 0.25) is 0 Å². The molecule has 25 heavy (non-hydrogen) atoms. The summed E-state index contributed by atoms with van der Waals surface area (Å²) < 4.78 is 5.75. The summed E-state index contributed by atoms with van der Waals surface area (Å²) in [5, 5.41) is 8.27. The molecule has 0 spiro atoms. The van der Waals surface area contributed by atoms with Crippen molar-refractivity contribution >= 4 is 17.6 Å². The van der Waals surface area contributed by atoms with Gasteiger partial charge in [-0.3, -0.25) is 4.79 Å². The van der Waals surface area contributed by atoms with Gasteiger partial charge in [-0.15, -0.1) is 0 Å². The van der Waals surface area contributed by atoms with Crippen molar-refractivity contribution in [1.82, 2.24) is 10.6 Å². The van der Waals surface area contributed by atoms with Crippen molar-refractivity contribution in [2.24, 2.45) is 0 Å². The first kappa shape index (κ1) is 16.8. The van der Waals surface area contributed by atoms with E-state index in [1.54, 1.807) is 0 Å². The summed E-state index contributed by atoms with van der Waals surface area (Å²) in [6.07, 6.45) is 1.51. The van der Waals surface area contributed by atoms with Crippen LogP contribution >= 0.6 is 0 Å². The van der Waals surface area contributed by atoms with E-state index in [4.69, 9.17) is 4.74 Å². The summed E-state index contributed by atoms with van der Waals surface area (Å²) in [4.78, 5) is 23.9. The number of carbonyl (C=O) groups is 2. The van der Waals surface area contributed by atoms with Crippen LogP contribution in [0.4, 0.5) is 10.5 Å². The molecule has 1 aliphatic rings. The summed E-state index contributed by atoms with van der Waals surface area (Å²) >= 11 is 0. The third-order valence-electron chi connectivity index (χ3n) is 3.99. The third kappa shape index (κ3) is 4.73. The Morgan fingerprint density at radius 2 is 1.88 bits per heavy atom. The molecule has 0 bridgehead atoms. The topological polar surface area (TPSA) is 79.5 Å². The number of piperidine rings is 1. The van der Waals surface area contributed by atoms with Gasteiger partial charge in [0.05, 0.1) is 0 Å². The van der Waals surface area contributed by atoms with Crippen molar-refractivity contribution in [2.75, 3.05) is 11.9 Å². The van der Waals surface area contributed by atoms with Gasteiger partial charge >= 0.3 is 6.03 Å². The second-order valence-corrected chi connectivity index (χ2v) is 5.84. The van der Waals surface area contributed by atoms with E-state index in [0.29, 0.717) is 25.3 Å². The van der Waals surface area contributed by atoms with Gasteiger partial charge in [0.15, 0.2) is 0 Å². The lowest BCUT2D eigenvalue weighted by atomic mass is 10.1. The van der Waals surface area contributed by atoms with E-state index in [2.05, 4.69) is 16.0 Å². The molecular weight excluding hydrogens is 318 g/mol. The maximum Gasteiger partial charge on any atom is 0.319 e. The lowest BCUT2D eigenvalue weighted by Gasteiger charge is -2.23. The van der Waals surface area contributed by atoms with Gasteiger partial charge in [-0.05, 0) is 31.0 Å². The molecule has 0 aliphatic carbocycles. The van der Waals surface area contributed by atoms with Gasteiger partial charge in [-0.2, -0.15) is 0 Å². The van der Waals surface area contributed by atoms with Gasteiger partial charge in [-0.25, -0.2) is 4.79 Å². The van der Waals surface area contributed by atoms with Crippen molar-refractivity contribution in [1.29, 1.82) is 0 Å². The second-order valence-electron chi connectivity index (χ2n) is 5.84. The van der Waals surface area contributed by atoms with Gasteiger partial charge in [0, 0.05) is 17.8 Å². The molecule has 0 unspecified atom stereocenters. The fraction of sp³-hybridized carbons (Fsp3) is 0.263. The SMILES string of the molecule is O=C(Nc1ccccc1COc1ccccc1)N[C@@H]1CCCNC1=O. The van der Waals surface area contributed by atoms with E-state index in [1.165, 1.54) is 0 Å². The fourth-order valence-corrected chi connectivity index (χ4v) is 2.67. The van der Waals surface area contributed by atoms with Gasteiger partial charge < -0.3 is 20.7 Å². The molecule has 130 valence electrons. The molecule has 1 aliphatic heterocycles. The van der Waals surface area contributed by atoms with Crippen LogP contribution in [-0.2, 0) is 11.4 Å². The van der Waals surface area contributed by atoms with E-state index in [0.717, 1.165) is 17.7 Å². The van der Waals surface area contributed by atoms with E-state index >= 15 is 0 Å². The van der Waals surface area contributed by atoms with E-state index < -0.39 is 12.1 Å². The van der Waals surface area contributed by atoms with Crippen molar-refractivity contribution in [3.63, 3.8) is 0 Å². The largest absolute Gasteiger partial charge is 0.489 e. The molecule has 2 aromatic rings. The fourth-order valence-electron chi connectivity index (χ4n) is 2.67. The summed E-state index contributed by atoms with van der Waals surface area (Å²) in [6.45, 7) is 1.00. The lowest BCUT2D eigenvalue weighted by Crippen LogP contribution is -2.51. The first-order valence-corrected chi connectivity index (χ1v) is 8.33. The Kier molecular flexibility index (Phi) is 5.51. The molecule has 3 rings (SSSR count). The number of carbonyl (C=O) groups excluding carboxylic acids is 2. The molecule has 1 saturated heterocycles. The third-order valence-corrected chi connectivity index (χ3v) is 3.99. The minimum absolute atomic E-state index is 0.137. The van der Waals surface area contributed by atoms with Crippen molar-refractivity contribution in [2.45, 2.75) is 25.5 Å². The van der Waals surface area contributed by atoms with Gasteiger partial charge in [0.25, 0.3) is 0 Å². The number of ether oxygens (including phenoxy) is 1. The zero-order valence-corrected chi connectivity index (χ0v) is 13.8. The van der Waals surface area contributed by atoms with Gasteiger partial charge in [-0.1, -0.05) is 36.4 Å². The maximum atomic E-state index is 12.2. The van der Waals surface area contributed by atoms with E-state index in [9.17, 15) is 9.59 Å². The van der Waals surface area contributed by atoms with Crippen LogP contribution in [0.3, 0.4) is 0 Å². The number of amides is 3. The van der Waals surface area contributed by atoms with Crippen LogP contribution in [0, 0.1) is 0 Å². The van der Waals surface area contributed by atoms with Crippen LogP contribution in [0.1, 0.15) is 18.4 Å². The van der Waals surface area contributed by atoms with Crippen LogP contribution in [0.15, 0.2) is 54.6 Å². The van der Waals surface area contributed by atoms with Gasteiger partial charge in [0.1, 0.15) is 18.4 Å². The Labute approximate surface area is 146 Å². The molecule has 6 nitrogen and oxygen atoms in total. The highest BCUT2D eigenvalue weighted by Gasteiger charge is 2.23. The first-order chi connectivity index (χ1) is 12.2. The van der Waals surface area contributed by atoms with E-state index in [-0.39, 0.29) is 5.91 Å². The summed E-state index contributed by atoms with van der Waals surface area (Å²) in [5.41, 5.74) is 1.52. The molecule has 0 saturated carbocycles. The number of hydrogen-bond donors (Lipinski definition) is 3. The summed E-state index contributed by atoms with van der Waals surface area (Å²) in [5.74, 6) is 0.628. The van der Waals surface area contributed by atoms with Crippen LogP contribution in [-0.4, -0.2) is 24.5 Å². The molecule has 3 N–H and O–H groups in total. The first-order valence-electron chi connectivity index (χ1n) is 8.33. The zero-order chi connectivity index (χ0) is 17.5. The van der Waals surface area contributed by atoms with Crippen molar-refractivity contribution in [3.8, 4) is 5.75 Å². The molecule has 0 radical (unpaired) electrons. The zero-order valence-electron chi connectivity index (χ0n) is 13.8. The predicted octanol–water partition coefficient (Wildman–Crippen LogP) is 2.67. The Bertz CT molecular complexity index is 734. The number of rotatable bonds is 5. The average molecular weight is 339 g/mol. The summed E-state index contributed by atoms with van der Waals surface area (Å²) in [7, 11) is 0. The minimum Gasteiger partial charge on any atom is -0.489 e. The average Bonchev–Trinajstić information content (AvgIpc) is 2.64. The van der Waals surface area contributed by atoms with E-state index in [1.807, 2.05) is 54.6 Å². The predicted molar refractivity (Wildman–Crippen MR) is 95.4 cm³/mol. The maximum absolute atomic E-state index is 12.2. The van der Waals surface area contributed by atoms with Crippen LogP contribution in [0.5, 0.6) is 5.75 Å². The Morgan fingerprint density at radius 3 is 2.68 bits per heavy atom. The molecule has 1 heterocycles. The highest BCUT2D eigenvalue weighted by Crippen LogP contribution is 2.18. The monoisotopic (exact) mass is 339 g/mol. The van der Waals surface area contributed by atoms with Crippen LogP contribution < -0.4 is 20.7 Å². The number of benzene rings is 2.